The van der Waals surface area contributed by atoms with Crippen LogP contribution < -0.4 is 5.73 Å². The second-order valence-electron chi connectivity index (χ2n) is 4.77. The van der Waals surface area contributed by atoms with Crippen LogP contribution in [0.5, 0.6) is 0 Å². The van der Waals surface area contributed by atoms with Crippen molar-refractivity contribution >= 4 is 5.91 Å². The second-order valence-corrected chi connectivity index (χ2v) is 4.77. The van der Waals surface area contributed by atoms with Gasteiger partial charge in [-0.1, -0.05) is 0 Å². The van der Waals surface area contributed by atoms with Gasteiger partial charge in [-0.3, -0.25) is 9.69 Å². The molecule has 1 saturated heterocycles. The van der Waals surface area contributed by atoms with Gasteiger partial charge in [0.05, 0.1) is 0 Å². The average molecular weight is 211 g/mol. The van der Waals surface area contributed by atoms with Crippen molar-refractivity contribution in [1.82, 2.24) is 9.80 Å². The van der Waals surface area contributed by atoms with Crippen molar-refractivity contribution in [2.45, 2.75) is 38.3 Å². The van der Waals surface area contributed by atoms with Crippen LogP contribution in [0.15, 0.2) is 0 Å². The normalized spacial score (nSPS) is 33.3. The van der Waals surface area contributed by atoms with Gasteiger partial charge in [0, 0.05) is 45.2 Å². The zero-order valence-corrected chi connectivity index (χ0v) is 9.48. The molecule has 4 heteroatoms. The third kappa shape index (κ3) is 2.49. The molecule has 4 nitrogen and oxygen atoms in total. The number of hydrogen-bond donors (Lipinski definition) is 1. The summed E-state index contributed by atoms with van der Waals surface area (Å²) >= 11 is 0. The largest absolute Gasteiger partial charge is 0.340 e. The van der Waals surface area contributed by atoms with Crippen LogP contribution >= 0.6 is 0 Å². The highest BCUT2D eigenvalue weighted by atomic mass is 16.2. The summed E-state index contributed by atoms with van der Waals surface area (Å²) in [5.41, 5.74) is 5.92. The summed E-state index contributed by atoms with van der Waals surface area (Å²) in [7, 11) is 0. The molecule has 0 aromatic rings. The van der Waals surface area contributed by atoms with Gasteiger partial charge in [0.15, 0.2) is 0 Å². The number of carbonyl (C=O) groups is 1. The first kappa shape index (κ1) is 10.9. The van der Waals surface area contributed by atoms with Crippen LogP contribution in [0.3, 0.4) is 0 Å². The van der Waals surface area contributed by atoms with Gasteiger partial charge in [-0.2, -0.15) is 0 Å². The predicted molar refractivity (Wildman–Crippen MR) is 59.4 cm³/mol. The molecule has 15 heavy (non-hydrogen) atoms. The van der Waals surface area contributed by atoms with Crippen LogP contribution in [-0.2, 0) is 4.79 Å². The zero-order chi connectivity index (χ0) is 10.8. The Hall–Kier alpha value is -0.610. The molecule has 86 valence electrons. The number of hydrogen-bond acceptors (Lipinski definition) is 3. The van der Waals surface area contributed by atoms with Crippen molar-refractivity contribution in [3.8, 4) is 0 Å². The second kappa shape index (κ2) is 4.49. The Balaban J connectivity index is 1.80. The highest BCUT2D eigenvalue weighted by Crippen LogP contribution is 2.23. The summed E-state index contributed by atoms with van der Waals surface area (Å²) in [5, 5.41) is 0. The van der Waals surface area contributed by atoms with Gasteiger partial charge in [-0.05, 0) is 19.3 Å². The van der Waals surface area contributed by atoms with Gasteiger partial charge >= 0.3 is 0 Å². The maximum Gasteiger partial charge on any atom is 0.219 e. The first-order valence-electron chi connectivity index (χ1n) is 5.92. The van der Waals surface area contributed by atoms with E-state index in [4.69, 9.17) is 5.73 Å². The number of amides is 1. The summed E-state index contributed by atoms with van der Waals surface area (Å²) in [6.45, 7) is 5.48. The van der Waals surface area contributed by atoms with E-state index in [1.165, 1.54) is 6.42 Å². The van der Waals surface area contributed by atoms with E-state index in [2.05, 4.69) is 4.90 Å². The van der Waals surface area contributed by atoms with Gasteiger partial charge in [0.2, 0.25) is 5.91 Å². The summed E-state index contributed by atoms with van der Waals surface area (Å²) in [6.07, 6.45) is 3.54. The van der Waals surface area contributed by atoms with Crippen molar-refractivity contribution in [2.75, 3.05) is 26.2 Å². The molecule has 1 aliphatic heterocycles. The lowest BCUT2D eigenvalue weighted by atomic mass is 10.1. The van der Waals surface area contributed by atoms with E-state index in [9.17, 15) is 4.79 Å². The molecule has 0 spiro atoms. The third-order valence-electron chi connectivity index (χ3n) is 3.72. The molecule has 1 heterocycles. The molecule has 0 aromatic heterocycles. The molecule has 2 rings (SSSR count). The fourth-order valence-electron chi connectivity index (χ4n) is 2.73. The quantitative estimate of drug-likeness (QED) is 0.666. The minimum Gasteiger partial charge on any atom is -0.340 e. The van der Waals surface area contributed by atoms with Crippen molar-refractivity contribution in [3.05, 3.63) is 0 Å². The van der Waals surface area contributed by atoms with Gasteiger partial charge in [-0.25, -0.2) is 0 Å². The van der Waals surface area contributed by atoms with Crippen LogP contribution in [0.2, 0.25) is 0 Å². The van der Waals surface area contributed by atoms with Crippen molar-refractivity contribution in [2.24, 2.45) is 5.73 Å². The van der Waals surface area contributed by atoms with Crippen molar-refractivity contribution in [1.29, 1.82) is 0 Å². The summed E-state index contributed by atoms with van der Waals surface area (Å²) in [6, 6.07) is 1.08. The molecule has 1 aliphatic carbocycles. The Morgan fingerprint density at radius 3 is 2.33 bits per heavy atom. The molecule has 0 bridgehead atoms. The summed E-state index contributed by atoms with van der Waals surface area (Å²) in [4.78, 5) is 15.6. The molecule has 0 radical (unpaired) electrons. The molecule has 0 unspecified atom stereocenters. The Bertz CT molecular complexity index is 236. The van der Waals surface area contributed by atoms with Gasteiger partial charge in [-0.15, -0.1) is 0 Å². The van der Waals surface area contributed by atoms with E-state index in [1.807, 2.05) is 4.90 Å². The number of carbonyl (C=O) groups excluding carboxylic acids is 1. The summed E-state index contributed by atoms with van der Waals surface area (Å²) in [5.74, 6) is 0.206. The van der Waals surface area contributed by atoms with Crippen molar-refractivity contribution in [3.63, 3.8) is 0 Å². The highest BCUT2D eigenvalue weighted by molar-refractivity contribution is 5.73. The van der Waals surface area contributed by atoms with Gasteiger partial charge in [0.1, 0.15) is 0 Å². The van der Waals surface area contributed by atoms with Crippen LogP contribution in [0.25, 0.3) is 0 Å². The third-order valence-corrected chi connectivity index (χ3v) is 3.72. The first-order valence-corrected chi connectivity index (χ1v) is 5.92. The van der Waals surface area contributed by atoms with E-state index >= 15 is 0 Å². The standard InChI is InChI=1S/C11H21N3O/c1-9(15)13-4-6-14(7-5-13)11-3-2-10(12)8-11/h10-11H,2-8,12H2,1H3/t10-,11-/m0/s1. The first-order chi connectivity index (χ1) is 7.16. The number of nitrogens with two attached hydrogens (primary N) is 1. The molecule has 1 amide bonds. The van der Waals surface area contributed by atoms with E-state index < -0.39 is 0 Å². The monoisotopic (exact) mass is 211 g/mol. The molecular weight excluding hydrogens is 190 g/mol. The molecular formula is C11H21N3O. The number of piperazine rings is 1. The number of nitrogens with zero attached hydrogens (tertiary/aromatic N) is 2. The smallest absolute Gasteiger partial charge is 0.219 e. The maximum absolute atomic E-state index is 11.2. The van der Waals surface area contributed by atoms with Crippen LogP contribution in [-0.4, -0.2) is 54.0 Å². The fourth-order valence-corrected chi connectivity index (χ4v) is 2.73. The lowest BCUT2D eigenvalue weighted by Gasteiger charge is -2.37. The Morgan fingerprint density at radius 1 is 1.20 bits per heavy atom. The Kier molecular flexibility index (Phi) is 3.26. The topological polar surface area (TPSA) is 49.6 Å². The Morgan fingerprint density at radius 2 is 1.87 bits per heavy atom. The lowest BCUT2D eigenvalue weighted by molar-refractivity contribution is -0.130. The molecule has 0 aromatic carbocycles. The fraction of sp³-hybridized carbons (Fsp3) is 0.909. The molecule has 2 atom stereocenters. The van der Waals surface area contributed by atoms with Gasteiger partial charge < -0.3 is 10.6 Å². The lowest BCUT2D eigenvalue weighted by Crippen LogP contribution is -2.51. The summed E-state index contributed by atoms with van der Waals surface area (Å²) < 4.78 is 0. The predicted octanol–water partition coefficient (Wildman–Crippen LogP) is 0.0303. The van der Waals surface area contributed by atoms with Crippen LogP contribution in [0.4, 0.5) is 0 Å². The Labute approximate surface area is 91.4 Å². The zero-order valence-electron chi connectivity index (χ0n) is 9.48. The van der Waals surface area contributed by atoms with E-state index in [1.54, 1.807) is 6.92 Å². The van der Waals surface area contributed by atoms with E-state index in [0.717, 1.165) is 39.0 Å². The van der Waals surface area contributed by atoms with Crippen LogP contribution in [0.1, 0.15) is 26.2 Å². The minimum atomic E-state index is 0.206. The van der Waals surface area contributed by atoms with Crippen molar-refractivity contribution < 1.29 is 4.79 Å². The molecule has 1 saturated carbocycles. The number of rotatable bonds is 1. The molecule has 2 aliphatic rings. The van der Waals surface area contributed by atoms with Crippen LogP contribution in [0, 0.1) is 0 Å². The van der Waals surface area contributed by atoms with Gasteiger partial charge in [0.25, 0.3) is 0 Å². The van der Waals surface area contributed by atoms with E-state index in [0.29, 0.717) is 12.1 Å². The SMILES string of the molecule is CC(=O)N1CCN([C@H]2CC[C@H](N)C2)CC1. The maximum atomic E-state index is 11.2. The molecule has 2 N–H and O–H groups in total. The molecule has 2 fully saturated rings. The highest BCUT2D eigenvalue weighted by Gasteiger charge is 2.29. The average Bonchev–Trinajstić information content (AvgIpc) is 2.65. The minimum absolute atomic E-state index is 0.206. The van der Waals surface area contributed by atoms with E-state index in [-0.39, 0.29) is 5.91 Å².